The van der Waals surface area contributed by atoms with E-state index in [1.54, 1.807) is 11.3 Å². The molecule has 0 radical (unpaired) electrons. The van der Waals surface area contributed by atoms with E-state index in [0.717, 1.165) is 34.1 Å². The maximum atomic E-state index is 12.3. The molecule has 1 aromatic heterocycles. The van der Waals surface area contributed by atoms with Crippen molar-refractivity contribution in [3.63, 3.8) is 0 Å². The number of carbonyl (C=O) groups is 1. The predicted molar refractivity (Wildman–Crippen MR) is 89.1 cm³/mol. The molecule has 0 fully saturated rings. The molecule has 0 aliphatic rings. The van der Waals surface area contributed by atoms with Crippen LogP contribution in [0.25, 0.3) is 0 Å². The highest BCUT2D eigenvalue weighted by atomic mass is 32.1. The van der Waals surface area contributed by atoms with Crippen molar-refractivity contribution in [1.29, 1.82) is 0 Å². The van der Waals surface area contributed by atoms with E-state index in [2.05, 4.69) is 42.3 Å². The van der Waals surface area contributed by atoms with E-state index in [0.29, 0.717) is 6.42 Å². The van der Waals surface area contributed by atoms with Gasteiger partial charge in [0.1, 0.15) is 0 Å². The van der Waals surface area contributed by atoms with Crippen molar-refractivity contribution >= 4 is 22.9 Å². The summed E-state index contributed by atoms with van der Waals surface area (Å²) < 4.78 is 0. The van der Waals surface area contributed by atoms with Crippen LogP contribution in [0.3, 0.4) is 0 Å². The van der Waals surface area contributed by atoms with E-state index in [4.69, 9.17) is 0 Å². The van der Waals surface area contributed by atoms with Crippen LogP contribution in [0, 0.1) is 13.8 Å². The standard InChI is InChI=1S/C17H22N2OS/c1-5-13-8-7-9-14(6-2)17(13)19-16(20)10-15-11(3)18-12(4)21-15/h7-9H,5-6,10H2,1-4H3,(H,19,20). The lowest BCUT2D eigenvalue weighted by Crippen LogP contribution is -2.16. The average molecular weight is 302 g/mol. The average Bonchev–Trinajstić information content (AvgIpc) is 2.76. The van der Waals surface area contributed by atoms with E-state index >= 15 is 0 Å². The number of amides is 1. The zero-order valence-electron chi connectivity index (χ0n) is 13.1. The number of nitrogens with one attached hydrogen (secondary N) is 1. The third-order valence-electron chi connectivity index (χ3n) is 3.58. The van der Waals surface area contributed by atoms with Gasteiger partial charge in [0.15, 0.2) is 0 Å². The first-order chi connectivity index (χ1) is 10.0. The van der Waals surface area contributed by atoms with E-state index in [1.165, 1.54) is 11.1 Å². The third kappa shape index (κ3) is 3.70. The molecule has 0 saturated carbocycles. The number of anilines is 1. The molecule has 112 valence electrons. The summed E-state index contributed by atoms with van der Waals surface area (Å²) in [5.41, 5.74) is 4.35. The smallest absolute Gasteiger partial charge is 0.229 e. The zero-order valence-corrected chi connectivity index (χ0v) is 13.9. The van der Waals surface area contributed by atoms with Crippen LogP contribution in [0.4, 0.5) is 5.69 Å². The first-order valence-electron chi connectivity index (χ1n) is 7.38. The maximum absolute atomic E-state index is 12.3. The second-order valence-corrected chi connectivity index (χ2v) is 6.41. The molecule has 1 amide bonds. The van der Waals surface area contributed by atoms with Crippen molar-refractivity contribution in [2.24, 2.45) is 0 Å². The summed E-state index contributed by atoms with van der Waals surface area (Å²) in [6.07, 6.45) is 2.24. The molecule has 2 aromatic rings. The summed E-state index contributed by atoms with van der Waals surface area (Å²) in [5, 5.41) is 4.12. The Bertz CT molecular complexity index is 624. The lowest BCUT2D eigenvalue weighted by molar-refractivity contribution is -0.115. The van der Waals surface area contributed by atoms with E-state index < -0.39 is 0 Å². The Morgan fingerprint density at radius 2 is 1.81 bits per heavy atom. The number of para-hydroxylation sites is 1. The molecule has 0 atom stereocenters. The fourth-order valence-corrected chi connectivity index (χ4v) is 3.41. The van der Waals surface area contributed by atoms with Gasteiger partial charge in [-0.2, -0.15) is 0 Å². The minimum absolute atomic E-state index is 0.0392. The zero-order chi connectivity index (χ0) is 15.4. The highest BCUT2D eigenvalue weighted by molar-refractivity contribution is 7.11. The summed E-state index contributed by atoms with van der Waals surface area (Å²) in [7, 11) is 0. The van der Waals surface area contributed by atoms with Crippen LogP contribution in [-0.4, -0.2) is 10.9 Å². The second-order valence-electron chi connectivity index (χ2n) is 5.12. The van der Waals surface area contributed by atoms with Crippen LogP contribution in [0.5, 0.6) is 0 Å². The second kappa shape index (κ2) is 6.85. The van der Waals surface area contributed by atoms with Gasteiger partial charge in [-0.3, -0.25) is 4.79 Å². The minimum Gasteiger partial charge on any atom is -0.325 e. The minimum atomic E-state index is 0.0392. The van der Waals surface area contributed by atoms with Crippen molar-refractivity contribution in [3.8, 4) is 0 Å². The summed E-state index contributed by atoms with van der Waals surface area (Å²) in [5.74, 6) is 0.0392. The quantitative estimate of drug-likeness (QED) is 0.904. The number of rotatable bonds is 5. The molecule has 0 bridgehead atoms. The Hall–Kier alpha value is -1.68. The van der Waals surface area contributed by atoms with Gasteiger partial charge >= 0.3 is 0 Å². The van der Waals surface area contributed by atoms with Crippen molar-refractivity contribution in [2.45, 2.75) is 47.0 Å². The van der Waals surface area contributed by atoms with Gasteiger partial charge in [0, 0.05) is 10.6 Å². The van der Waals surface area contributed by atoms with Crippen LogP contribution in [0.2, 0.25) is 0 Å². The highest BCUT2D eigenvalue weighted by Crippen LogP contribution is 2.24. The van der Waals surface area contributed by atoms with E-state index in [-0.39, 0.29) is 5.91 Å². The Morgan fingerprint density at radius 1 is 1.19 bits per heavy atom. The van der Waals surface area contributed by atoms with Crippen LogP contribution >= 0.6 is 11.3 Å². The van der Waals surface area contributed by atoms with Gasteiger partial charge in [0.2, 0.25) is 5.91 Å². The number of thiazole rings is 1. The van der Waals surface area contributed by atoms with Crippen molar-refractivity contribution < 1.29 is 4.79 Å². The molecular weight excluding hydrogens is 280 g/mol. The van der Waals surface area contributed by atoms with Crippen LogP contribution in [-0.2, 0) is 24.1 Å². The molecule has 3 nitrogen and oxygen atoms in total. The molecule has 21 heavy (non-hydrogen) atoms. The molecule has 1 heterocycles. The van der Waals surface area contributed by atoms with Gasteiger partial charge in [-0.1, -0.05) is 32.0 Å². The van der Waals surface area contributed by atoms with Crippen molar-refractivity contribution in [1.82, 2.24) is 4.98 Å². The normalized spacial score (nSPS) is 10.7. The van der Waals surface area contributed by atoms with Gasteiger partial charge in [0.05, 0.1) is 17.1 Å². The molecular formula is C17H22N2OS. The lowest BCUT2D eigenvalue weighted by atomic mass is 10.0. The summed E-state index contributed by atoms with van der Waals surface area (Å²) in [6, 6.07) is 6.22. The molecule has 2 rings (SSSR count). The Balaban J connectivity index is 2.18. The fourth-order valence-electron chi connectivity index (χ4n) is 2.47. The van der Waals surface area contributed by atoms with Gasteiger partial charge in [0.25, 0.3) is 0 Å². The molecule has 0 saturated heterocycles. The van der Waals surface area contributed by atoms with E-state index in [9.17, 15) is 4.79 Å². The molecule has 1 aromatic carbocycles. The van der Waals surface area contributed by atoms with Crippen LogP contribution in [0.15, 0.2) is 18.2 Å². The van der Waals surface area contributed by atoms with E-state index in [1.807, 2.05) is 13.8 Å². The topological polar surface area (TPSA) is 42.0 Å². The number of hydrogen-bond donors (Lipinski definition) is 1. The molecule has 0 aliphatic heterocycles. The van der Waals surface area contributed by atoms with Gasteiger partial charge in [-0.25, -0.2) is 4.98 Å². The number of benzene rings is 1. The molecule has 0 unspecified atom stereocenters. The molecule has 0 spiro atoms. The van der Waals surface area contributed by atoms with Crippen molar-refractivity contribution in [3.05, 3.63) is 44.9 Å². The molecule has 4 heteroatoms. The highest BCUT2D eigenvalue weighted by Gasteiger charge is 2.13. The first-order valence-corrected chi connectivity index (χ1v) is 8.20. The van der Waals surface area contributed by atoms with Crippen LogP contribution < -0.4 is 5.32 Å². The summed E-state index contributed by atoms with van der Waals surface area (Å²) >= 11 is 1.60. The maximum Gasteiger partial charge on any atom is 0.229 e. The Kier molecular flexibility index (Phi) is 5.12. The van der Waals surface area contributed by atoms with Crippen molar-refractivity contribution in [2.75, 3.05) is 5.32 Å². The number of aromatic nitrogens is 1. The van der Waals surface area contributed by atoms with Gasteiger partial charge in [-0.15, -0.1) is 11.3 Å². The van der Waals surface area contributed by atoms with Gasteiger partial charge < -0.3 is 5.32 Å². The summed E-state index contributed by atoms with van der Waals surface area (Å²) in [4.78, 5) is 17.8. The predicted octanol–water partition coefficient (Wildman–Crippen LogP) is 4.07. The molecule has 1 N–H and O–H groups in total. The fraction of sp³-hybridized carbons (Fsp3) is 0.412. The monoisotopic (exact) mass is 302 g/mol. The van der Waals surface area contributed by atoms with Crippen LogP contribution in [0.1, 0.15) is 40.6 Å². The summed E-state index contributed by atoms with van der Waals surface area (Å²) in [6.45, 7) is 8.16. The molecule has 0 aliphatic carbocycles. The number of aryl methyl sites for hydroxylation is 4. The number of hydrogen-bond acceptors (Lipinski definition) is 3. The Labute approximate surface area is 130 Å². The Morgan fingerprint density at radius 3 is 2.29 bits per heavy atom. The number of nitrogens with zero attached hydrogens (tertiary/aromatic N) is 1. The van der Waals surface area contributed by atoms with Gasteiger partial charge in [-0.05, 0) is 37.8 Å². The number of carbonyl (C=O) groups excluding carboxylic acids is 1. The SMILES string of the molecule is CCc1cccc(CC)c1NC(=O)Cc1sc(C)nc1C. The first kappa shape index (κ1) is 15.7. The largest absolute Gasteiger partial charge is 0.325 e. The third-order valence-corrected chi connectivity index (χ3v) is 4.66. The lowest BCUT2D eigenvalue weighted by Gasteiger charge is -2.14.